The van der Waals surface area contributed by atoms with Gasteiger partial charge in [0.05, 0.1) is 5.69 Å². The molecule has 0 spiro atoms. The van der Waals surface area contributed by atoms with Gasteiger partial charge >= 0.3 is 0 Å². The van der Waals surface area contributed by atoms with Crippen LogP contribution in [-0.4, -0.2) is 58.2 Å². The lowest BCUT2D eigenvalue weighted by atomic mass is 10.0. The molecular formula is C21H30N4O. The first-order valence-corrected chi connectivity index (χ1v) is 9.56. The first-order chi connectivity index (χ1) is 12.5. The van der Waals surface area contributed by atoms with E-state index >= 15 is 0 Å². The Bertz CT molecular complexity index is 725. The summed E-state index contributed by atoms with van der Waals surface area (Å²) in [6, 6.07) is 12.9. The van der Waals surface area contributed by atoms with Gasteiger partial charge in [-0.05, 0) is 51.3 Å². The summed E-state index contributed by atoms with van der Waals surface area (Å²) in [6.45, 7) is 7.44. The van der Waals surface area contributed by atoms with Gasteiger partial charge in [-0.2, -0.15) is 5.10 Å². The number of nitrogens with zero attached hydrogens (tertiary/aromatic N) is 4. The second-order valence-electron chi connectivity index (χ2n) is 7.42. The lowest BCUT2D eigenvalue weighted by molar-refractivity contribution is -0.133. The molecule has 2 aromatic rings. The van der Waals surface area contributed by atoms with Crippen LogP contribution in [0.4, 0.5) is 0 Å². The molecule has 26 heavy (non-hydrogen) atoms. The number of amides is 1. The van der Waals surface area contributed by atoms with Gasteiger partial charge in [0.25, 0.3) is 0 Å². The highest BCUT2D eigenvalue weighted by molar-refractivity contribution is 5.76. The first kappa shape index (κ1) is 18.6. The second-order valence-corrected chi connectivity index (χ2v) is 7.42. The molecule has 1 unspecified atom stereocenters. The highest BCUT2D eigenvalue weighted by Gasteiger charge is 2.26. The number of likely N-dealkylation sites (N-methyl/N-ethyl adjacent to an activating group) is 1. The van der Waals surface area contributed by atoms with Crippen LogP contribution in [0.1, 0.15) is 29.8 Å². The van der Waals surface area contributed by atoms with Gasteiger partial charge in [0, 0.05) is 31.9 Å². The van der Waals surface area contributed by atoms with E-state index in [1.165, 1.54) is 5.56 Å². The molecule has 1 aliphatic heterocycles. The molecule has 0 bridgehead atoms. The highest BCUT2D eigenvalue weighted by atomic mass is 16.2. The zero-order valence-corrected chi connectivity index (χ0v) is 16.2. The molecule has 1 fully saturated rings. The standard InChI is InChI=1S/C21H30N4O/c1-17-14-18(2)25(22-17)16-21(26)23(3)20-10-7-12-24(15-20)13-11-19-8-5-4-6-9-19/h4-6,8-9,14,20H,7,10-13,15-16H2,1-3H3. The van der Waals surface area contributed by atoms with Crippen LogP contribution >= 0.6 is 0 Å². The number of aromatic nitrogens is 2. The molecule has 1 saturated heterocycles. The van der Waals surface area contributed by atoms with E-state index in [2.05, 4.69) is 40.3 Å². The summed E-state index contributed by atoms with van der Waals surface area (Å²) >= 11 is 0. The number of benzene rings is 1. The third-order valence-corrected chi connectivity index (χ3v) is 5.37. The Morgan fingerprint density at radius 1 is 1.27 bits per heavy atom. The fourth-order valence-electron chi connectivity index (χ4n) is 3.76. The van der Waals surface area contributed by atoms with Crippen molar-refractivity contribution in [1.29, 1.82) is 0 Å². The van der Waals surface area contributed by atoms with Gasteiger partial charge in [0.1, 0.15) is 6.54 Å². The number of aryl methyl sites for hydroxylation is 2. The summed E-state index contributed by atoms with van der Waals surface area (Å²) < 4.78 is 1.81. The predicted molar refractivity (Wildman–Crippen MR) is 104 cm³/mol. The van der Waals surface area contributed by atoms with Crippen molar-refractivity contribution in [3.63, 3.8) is 0 Å². The molecular weight excluding hydrogens is 324 g/mol. The molecule has 0 radical (unpaired) electrons. The van der Waals surface area contributed by atoms with E-state index in [-0.39, 0.29) is 5.91 Å². The number of hydrogen-bond acceptors (Lipinski definition) is 3. The van der Waals surface area contributed by atoms with Gasteiger partial charge in [-0.25, -0.2) is 0 Å². The third kappa shape index (κ3) is 4.73. The van der Waals surface area contributed by atoms with Gasteiger partial charge in [0.2, 0.25) is 5.91 Å². The summed E-state index contributed by atoms with van der Waals surface area (Å²) in [7, 11) is 1.94. The molecule has 1 amide bonds. The molecule has 5 nitrogen and oxygen atoms in total. The van der Waals surface area contributed by atoms with E-state index in [1.54, 1.807) is 0 Å². The minimum Gasteiger partial charge on any atom is -0.340 e. The van der Waals surface area contributed by atoms with Crippen LogP contribution in [0.2, 0.25) is 0 Å². The van der Waals surface area contributed by atoms with Crippen LogP contribution in [0, 0.1) is 13.8 Å². The topological polar surface area (TPSA) is 41.4 Å². The highest BCUT2D eigenvalue weighted by Crippen LogP contribution is 2.16. The predicted octanol–water partition coefficient (Wildman–Crippen LogP) is 2.67. The Hall–Kier alpha value is -2.14. The van der Waals surface area contributed by atoms with Crippen molar-refractivity contribution in [2.24, 2.45) is 0 Å². The number of rotatable bonds is 6. The van der Waals surface area contributed by atoms with Crippen molar-refractivity contribution in [1.82, 2.24) is 19.6 Å². The molecule has 1 aliphatic rings. The number of carbonyl (C=O) groups is 1. The van der Waals surface area contributed by atoms with Gasteiger partial charge in [-0.3, -0.25) is 9.48 Å². The number of piperidine rings is 1. The normalized spacial score (nSPS) is 18.0. The summed E-state index contributed by atoms with van der Waals surface area (Å²) in [5.41, 5.74) is 3.38. The number of carbonyl (C=O) groups excluding carboxylic acids is 1. The Kier molecular flexibility index (Phi) is 6.09. The molecule has 5 heteroatoms. The molecule has 0 N–H and O–H groups in total. The average Bonchev–Trinajstić information content (AvgIpc) is 2.97. The Balaban J connectivity index is 1.52. The lowest BCUT2D eigenvalue weighted by Gasteiger charge is -2.37. The van der Waals surface area contributed by atoms with Gasteiger partial charge < -0.3 is 9.80 Å². The van der Waals surface area contributed by atoms with Crippen LogP contribution in [0.3, 0.4) is 0 Å². The van der Waals surface area contributed by atoms with Crippen molar-refractivity contribution in [3.8, 4) is 0 Å². The first-order valence-electron chi connectivity index (χ1n) is 9.56. The Labute approximate surface area is 156 Å². The van der Waals surface area contributed by atoms with Crippen LogP contribution in [-0.2, 0) is 17.8 Å². The van der Waals surface area contributed by atoms with Crippen molar-refractivity contribution in [2.45, 2.75) is 45.7 Å². The molecule has 1 atom stereocenters. The molecule has 3 rings (SSSR count). The SMILES string of the molecule is Cc1cc(C)n(CC(=O)N(C)C2CCCN(CCc3ccccc3)C2)n1. The van der Waals surface area contributed by atoms with Crippen LogP contribution in [0.5, 0.6) is 0 Å². The second kappa shape index (κ2) is 8.49. The van der Waals surface area contributed by atoms with Crippen molar-refractivity contribution in [3.05, 3.63) is 53.3 Å². The van der Waals surface area contributed by atoms with E-state index in [9.17, 15) is 4.79 Å². The van der Waals surface area contributed by atoms with Crippen molar-refractivity contribution >= 4 is 5.91 Å². The Morgan fingerprint density at radius 2 is 2.04 bits per heavy atom. The average molecular weight is 354 g/mol. The lowest BCUT2D eigenvalue weighted by Crippen LogP contribution is -2.49. The fraction of sp³-hybridized carbons (Fsp3) is 0.524. The van der Waals surface area contributed by atoms with E-state index in [4.69, 9.17) is 0 Å². The van der Waals surface area contributed by atoms with E-state index in [0.717, 1.165) is 50.3 Å². The largest absolute Gasteiger partial charge is 0.340 e. The molecule has 2 heterocycles. The number of likely N-dealkylation sites (tertiary alicyclic amines) is 1. The number of hydrogen-bond donors (Lipinski definition) is 0. The Morgan fingerprint density at radius 3 is 2.73 bits per heavy atom. The zero-order valence-electron chi connectivity index (χ0n) is 16.2. The quantitative estimate of drug-likeness (QED) is 0.801. The minimum atomic E-state index is 0.145. The van der Waals surface area contributed by atoms with E-state index in [0.29, 0.717) is 12.6 Å². The smallest absolute Gasteiger partial charge is 0.244 e. The summed E-state index contributed by atoms with van der Waals surface area (Å²) in [5, 5.41) is 4.41. The van der Waals surface area contributed by atoms with Crippen LogP contribution in [0.15, 0.2) is 36.4 Å². The van der Waals surface area contributed by atoms with Crippen LogP contribution < -0.4 is 0 Å². The van der Waals surface area contributed by atoms with Crippen molar-refractivity contribution < 1.29 is 4.79 Å². The maximum atomic E-state index is 12.7. The maximum Gasteiger partial charge on any atom is 0.244 e. The van der Waals surface area contributed by atoms with Gasteiger partial charge in [0.15, 0.2) is 0 Å². The fourth-order valence-corrected chi connectivity index (χ4v) is 3.76. The van der Waals surface area contributed by atoms with Gasteiger partial charge in [-0.1, -0.05) is 30.3 Å². The van der Waals surface area contributed by atoms with Crippen molar-refractivity contribution in [2.75, 3.05) is 26.7 Å². The monoisotopic (exact) mass is 354 g/mol. The summed E-state index contributed by atoms with van der Waals surface area (Å²) in [5.74, 6) is 0.145. The van der Waals surface area contributed by atoms with E-state index < -0.39 is 0 Å². The zero-order chi connectivity index (χ0) is 18.5. The van der Waals surface area contributed by atoms with Gasteiger partial charge in [-0.15, -0.1) is 0 Å². The summed E-state index contributed by atoms with van der Waals surface area (Å²) in [4.78, 5) is 17.1. The molecule has 1 aromatic carbocycles. The summed E-state index contributed by atoms with van der Waals surface area (Å²) in [6.07, 6.45) is 3.30. The van der Waals surface area contributed by atoms with E-state index in [1.807, 2.05) is 36.5 Å². The molecule has 140 valence electrons. The van der Waals surface area contributed by atoms with Crippen LogP contribution in [0.25, 0.3) is 0 Å². The molecule has 1 aromatic heterocycles. The maximum absolute atomic E-state index is 12.7. The molecule has 0 aliphatic carbocycles. The molecule has 0 saturated carbocycles. The minimum absolute atomic E-state index is 0.145. The third-order valence-electron chi connectivity index (χ3n) is 5.37.